The summed E-state index contributed by atoms with van der Waals surface area (Å²) in [5.41, 5.74) is 2.85. The molecule has 0 atom stereocenters. The van der Waals surface area contributed by atoms with Crippen LogP contribution in [0, 0.1) is 0 Å². The number of carbonyl (C=O) groups is 1. The van der Waals surface area contributed by atoms with Crippen LogP contribution < -0.4 is 14.8 Å². The summed E-state index contributed by atoms with van der Waals surface area (Å²) in [5.74, 6) is 1.15. The van der Waals surface area contributed by atoms with Crippen molar-refractivity contribution in [2.75, 3.05) is 6.61 Å². The molecule has 0 radical (unpaired) electrons. The van der Waals surface area contributed by atoms with E-state index in [1.54, 1.807) is 0 Å². The number of halogens is 1. The number of ether oxygens (including phenoxy) is 2. The van der Waals surface area contributed by atoms with Crippen molar-refractivity contribution in [1.29, 1.82) is 0 Å². The van der Waals surface area contributed by atoms with Crippen LogP contribution in [0.2, 0.25) is 0 Å². The highest BCUT2D eigenvalue weighted by molar-refractivity contribution is 9.10. The average Bonchev–Trinajstić information content (AvgIpc) is 3.00. The molecule has 0 spiro atoms. The van der Waals surface area contributed by atoms with Crippen molar-refractivity contribution in [3.63, 3.8) is 0 Å². The number of rotatable bonds is 8. The van der Waals surface area contributed by atoms with Crippen molar-refractivity contribution >= 4 is 56.2 Å². The zero-order valence-corrected chi connectivity index (χ0v) is 19.1. The molecule has 7 heteroatoms. The van der Waals surface area contributed by atoms with Crippen LogP contribution >= 0.6 is 39.9 Å². The zero-order valence-electron chi connectivity index (χ0n) is 15.9. The summed E-state index contributed by atoms with van der Waals surface area (Å²) in [6, 6.07) is 11.9. The van der Waals surface area contributed by atoms with Gasteiger partial charge in [-0.2, -0.15) is 0 Å². The molecule has 1 aliphatic rings. The van der Waals surface area contributed by atoms with Crippen LogP contribution in [0.4, 0.5) is 0 Å². The molecule has 3 rings (SSSR count). The molecular formula is C22H20BrNO3S2. The summed E-state index contributed by atoms with van der Waals surface area (Å²) in [7, 11) is 0. The van der Waals surface area contributed by atoms with Crippen LogP contribution in [0.15, 0.2) is 58.4 Å². The molecule has 1 amide bonds. The van der Waals surface area contributed by atoms with Gasteiger partial charge in [-0.1, -0.05) is 58.1 Å². The number of allylic oxidation sites excluding steroid dienone is 1. The molecule has 1 saturated heterocycles. The highest BCUT2D eigenvalue weighted by Crippen LogP contribution is 2.36. The lowest BCUT2D eigenvalue weighted by Crippen LogP contribution is -2.17. The van der Waals surface area contributed by atoms with Crippen molar-refractivity contribution < 1.29 is 14.3 Å². The molecule has 2 aromatic carbocycles. The van der Waals surface area contributed by atoms with E-state index in [4.69, 9.17) is 21.7 Å². The predicted molar refractivity (Wildman–Crippen MR) is 126 cm³/mol. The van der Waals surface area contributed by atoms with Gasteiger partial charge < -0.3 is 14.8 Å². The normalized spacial score (nSPS) is 14.8. The minimum absolute atomic E-state index is 0.182. The first kappa shape index (κ1) is 21.6. The highest BCUT2D eigenvalue weighted by atomic mass is 79.9. The summed E-state index contributed by atoms with van der Waals surface area (Å²) in [6.45, 7) is 6.70. The molecule has 150 valence electrons. The SMILES string of the molecule is C=CCc1cc(/C=C2/SC(=S)NC2=O)cc(OCC)c1OCc1ccc(Br)cc1. The van der Waals surface area contributed by atoms with Crippen molar-refractivity contribution in [1.82, 2.24) is 5.32 Å². The summed E-state index contributed by atoms with van der Waals surface area (Å²) < 4.78 is 13.5. The smallest absolute Gasteiger partial charge is 0.263 e. The van der Waals surface area contributed by atoms with E-state index in [0.717, 1.165) is 21.2 Å². The van der Waals surface area contributed by atoms with Gasteiger partial charge in [0.2, 0.25) is 0 Å². The summed E-state index contributed by atoms with van der Waals surface area (Å²) in [6.07, 6.45) is 4.25. The maximum atomic E-state index is 12.0. The summed E-state index contributed by atoms with van der Waals surface area (Å²) in [5, 5.41) is 2.63. The molecule has 0 aliphatic carbocycles. The fourth-order valence-corrected chi connectivity index (χ4v) is 4.12. The van der Waals surface area contributed by atoms with Crippen LogP contribution in [-0.2, 0) is 17.8 Å². The van der Waals surface area contributed by atoms with Gasteiger partial charge in [-0.25, -0.2) is 0 Å². The number of hydrogen-bond acceptors (Lipinski definition) is 5. The topological polar surface area (TPSA) is 47.6 Å². The van der Waals surface area contributed by atoms with E-state index in [0.29, 0.717) is 40.4 Å². The fourth-order valence-electron chi connectivity index (χ4n) is 2.81. The summed E-state index contributed by atoms with van der Waals surface area (Å²) >= 11 is 9.76. The van der Waals surface area contributed by atoms with Crippen LogP contribution in [0.1, 0.15) is 23.6 Å². The molecular weight excluding hydrogens is 470 g/mol. The minimum Gasteiger partial charge on any atom is -0.490 e. The van der Waals surface area contributed by atoms with E-state index in [1.165, 1.54) is 11.8 Å². The van der Waals surface area contributed by atoms with Crippen LogP contribution in [-0.4, -0.2) is 16.8 Å². The molecule has 0 unspecified atom stereocenters. The second kappa shape index (κ2) is 10.1. The van der Waals surface area contributed by atoms with Crippen molar-refractivity contribution in [2.45, 2.75) is 20.0 Å². The molecule has 0 saturated carbocycles. The maximum Gasteiger partial charge on any atom is 0.263 e. The van der Waals surface area contributed by atoms with Gasteiger partial charge in [-0.3, -0.25) is 4.79 Å². The first-order chi connectivity index (χ1) is 14.0. The van der Waals surface area contributed by atoms with E-state index in [1.807, 2.05) is 55.5 Å². The molecule has 4 nitrogen and oxygen atoms in total. The van der Waals surface area contributed by atoms with E-state index in [-0.39, 0.29) is 5.91 Å². The van der Waals surface area contributed by atoms with Crippen molar-refractivity contribution in [3.05, 3.63) is 75.1 Å². The number of nitrogens with one attached hydrogen (secondary N) is 1. The van der Waals surface area contributed by atoms with Gasteiger partial charge in [-0.05, 0) is 54.8 Å². The van der Waals surface area contributed by atoms with Gasteiger partial charge >= 0.3 is 0 Å². The van der Waals surface area contributed by atoms with Gasteiger partial charge in [0, 0.05) is 10.0 Å². The Labute approximate surface area is 188 Å². The largest absolute Gasteiger partial charge is 0.490 e. The average molecular weight is 490 g/mol. The number of thioether (sulfide) groups is 1. The number of benzene rings is 2. The second-order valence-electron chi connectivity index (χ2n) is 6.20. The Morgan fingerprint density at radius 1 is 1.24 bits per heavy atom. The lowest BCUT2D eigenvalue weighted by Gasteiger charge is -2.17. The molecule has 29 heavy (non-hydrogen) atoms. The van der Waals surface area contributed by atoms with Crippen LogP contribution in [0.5, 0.6) is 11.5 Å². The third kappa shape index (κ3) is 5.72. The maximum absolute atomic E-state index is 12.0. The van der Waals surface area contributed by atoms with Crippen LogP contribution in [0.3, 0.4) is 0 Å². The Bertz CT molecular complexity index is 971. The number of carbonyl (C=O) groups excluding carboxylic acids is 1. The zero-order chi connectivity index (χ0) is 20.8. The predicted octanol–water partition coefficient (Wildman–Crippen LogP) is 5.64. The van der Waals surface area contributed by atoms with Gasteiger partial charge in [0.15, 0.2) is 11.5 Å². The molecule has 1 aliphatic heterocycles. The Hall–Kier alpha value is -2.09. The standard InChI is InChI=1S/C22H20BrNO3S2/c1-3-5-16-10-15(12-19-21(25)24-22(28)29-19)11-18(26-4-2)20(16)27-13-14-6-8-17(23)9-7-14/h3,6-12H,1,4-5,13H2,2H3,(H,24,25,28)/b19-12+. The number of amides is 1. The minimum atomic E-state index is -0.182. The lowest BCUT2D eigenvalue weighted by atomic mass is 10.0. The monoisotopic (exact) mass is 489 g/mol. The Morgan fingerprint density at radius 3 is 2.62 bits per heavy atom. The van der Waals surface area contributed by atoms with Gasteiger partial charge in [-0.15, -0.1) is 6.58 Å². The van der Waals surface area contributed by atoms with E-state index in [2.05, 4.69) is 27.8 Å². The molecule has 0 bridgehead atoms. The lowest BCUT2D eigenvalue weighted by molar-refractivity contribution is -0.115. The third-order valence-corrected chi connectivity index (χ3v) is 5.75. The highest BCUT2D eigenvalue weighted by Gasteiger charge is 2.22. The summed E-state index contributed by atoms with van der Waals surface area (Å²) in [4.78, 5) is 12.6. The quantitative estimate of drug-likeness (QED) is 0.295. The molecule has 1 N–H and O–H groups in total. The van der Waals surface area contributed by atoms with Crippen molar-refractivity contribution in [2.24, 2.45) is 0 Å². The van der Waals surface area contributed by atoms with E-state index < -0.39 is 0 Å². The molecule has 2 aromatic rings. The second-order valence-corrected chi connectivity index (χ2v) is 8.84. The Kier molecular flexibility index (Phi) is 7.52. The van der Waals surface area contributed by atoms with E-state index >= 15 is 0 Å². The van der Waals surface area contributed by atoms with Crippen LogP contribution in [0.25, 0.3) is 6.08 Å². The molecule has 0 aromatic heterocycles. The first-order valence-electron chi connectivity index (χ1n) is 9.03. The first-order valence-corrected chi connectivity index (χ1v) is 11.0. The molecule has 1 heterocycles. The van der Waals surface area contributed by atoms with Gasteiger partial charge in [0.25, 0.3) is 5.91 Å². The van der Waals surface area contributed by atoms with Gasteiger partial charge in [0.05, 0.1) is 11.5 Å². The van der Waals surface area contributed by atoms with E-state index in [9.17, 15) is 4.79 Å². The number of hydrogen-bond donors (Lipinski definition) is 1. The van der Waals surface area contributed by atoms with Gasteiger partial charge in [0.1, 0.15) is 10.9 Å². The Morgan fingerprint density at radius 2 is 2.00 bits per heavy atom. The fraction of sp³-hybridized carbons (Fsp3) is 0.182. The van der Waals surface area contributed by atoms with Crippen molar-refractivity contribution in [3.8, 4) is 11.5 Å². The third-order valence-electron chi connectivity index (χ3n) is 4.05. The number of thiocarbonyl (C=S) groups is 1. The molecule has 1 fully saturated rings. The Balaban J connectivity index is 1.94.